The number of benzene rings is 3. The molecule has 0 amide bonds. The van der Waals surface area contributed by atoms with E-state index >= 15 is 0 Å². The molecular weight excluding hydrogens is 504 g/mol. The van der Waals surface area contributed by atoms with Crippen molar-refractivity contribution in [3.63, 3.8) is 0 Å². The molecule has 7 nitrogen and oxygen atoms in total. The van der Waals surface area contributed by atoms with Gasteiger partial charge in [-0.3, -0.25) is 9.80 Å². The number of β-amino-alcohol motifs (C(OH)–C–C–N with tert-alkyl or cyclic N) is 1. The second kappa shape index (κ2) is 12.5. The van der Waals surface area contributed by atoms with Crippen LogP contribution in [0, 0.1) is 0 Å². The highest BCUT2D eigenvalue weighted by Gasteiger charge is 2.20. The first-order valence-electron chi connectivity index (χ1n) is 12.8. The summed E-state index contributed by atoms with van der Waals surface area (Å²) in [5.41, 5.74) is 2.14. The van der Waals surface area contributed by atoms with Crippen molar-refractivity contribution in [3.05, 3.63) is 105 Å². The Hall–Kier alpha value is -3.36. The molecule has 4 aromatic rings. The van der Waals surface area contributed by atoms with E-state index < -0.39 is 11.7 Å². The predicted molar refractivity (Wildman–Crippen MR) is 148 cm³/mol. The molecule has 0 radical (unpaired) electrons. The zero-order valence-electron chi connectivity index (χ0n) is 21.1. The summed E-state index contributed by atoms with van der Waals surface area (Å²) >= 11 is 5.98. The van der Waals surface area contributed by atoms with Crippen LogP contribution in [-0.2, 0) is 13.2 Å². The van der Waals surface area contributed by atoms with Crippen LogP contribution in [0.3, 0.4) is 0 Å². The number of aliphatic hydroxyl groups excluding tert-OH is 1. The van der Waals surface area contributed by atoms with Crippen molar-refractivity contribution in [1.82, 2.24) is 9.80 Å². The van der Waals surface area contributed by atoms with Crippen molar-refractivity contribution >= 4 is 22.6 Å². The monoisotopic (exact) mass is 534 g/mol. The first-order chi connectivity index (χ1) is 18.5. The molecule has 198 valence electrons. The third kappa shape index (κ3) is 7.14. The second-order valence-electron chi connectivity index (χ2n) is 9.53. The highest BCUT2D eigenvalue weighted by atomic mass is 35.5. The van der Waals surface area contributed by atoms with Crippen LogP contribution in [-0.4, -0.2) is 60.3 Å². The lowest BCUT2D eigenvalue weighted by atomic mass is 10.2. The van der Waals surface area contributed by atoms with E-state index in [1.807, 2.05) is 42.5 Å². The topological polar surface area (TPSA) is 75.4 Å². The van der Waals surface area contributed by atoms with Crippen LogP contribution in [0.25, 0.3) is 11.0 Å². The SMILES string of the molecule is O=c1cc(OCc2ccccc2)c2ccc(OCC(O)CN3CCN(Cc4ccc(Cl)cc4)CC3)cc2o1. The minimum Gasteiger partial charge on any atom is -0.491 e. The Morgan fingerprint density at radius 2 is 1.61 bits per heavy atom. The zero-order valence-corrected chi connectivity index (χ0v) is 21.8. The van der Waals surface area contributed by atoms with Crippen LogP contribution in [0.5, 0.6) is 11.5 Å². The van der Waals surface area contributed by atoms with Gasteiger partial charge in [-0.25, -0.2) is 4.79 Å². The molecule has 1 atom stereocenters. The number of fused-ring (bicyclic) bond motifs is 1. The van der Waals surface area contributed by atoms with Crippen molar-refractivity contribution in [3.8, 4) is 11.5 Å². The van der Waals surface area contributed by atoms with Crippen LogP contribution in [0.2, 0.25) is 5.02 Å². The van der Waals surface area contributed by atoms with Gasteiger partial charge in [0.25, 0.3) is 0 Å². The summed E-state index contributed by atoms with van der Waals surface area (Å²) in [6, 6.07) is 24.3. The third-order valence-electron chi connectivity index (χ3n) is 6.61. The number of halogens is 1. The average Bonchev–Trinajstić information content (AvgIpc) is 2.93. The first kappa shape index (κ1) is 26.3. The normalized spacial score (nSPS) is 15.4. The van der Waals surface area contributed by atoms with E-state index in [1.54, 1.807) is 18.2 Å². The summed E-state index contributed by atoms with van der Waals surface area (Å²) in [7, 11) is 0. The fourth-order valence-corrected chi connectivity index (χ4v) is 4.70. The van der Waals surface area contributed by atoms with Gasteiger partial charge in [0.05, 0.1) is 11.5 Å². The molecule has 0 aliphatic carbocycles. The molecule has 5 rings (SSSR count). The summed E-state index contributed by atoms with van der Waals surface area (Å²) < 4.78 is 17.1. The van der Waals surface area contributed by atoms with Gasteiger partial charge >= 0.3 is 5.63 Å². The van der Waals surface area contributed by atoms with Crippen molar-refractivity contribution in [2.45, 2.75) is 19.3 Å². The number of aliphatic hydroxyl groups is 1. The molecule has 0 spiro atoms. The van der Waals surface area contributed by atoms with Crippen LogP contribution < -0.4 is 15.1 Å². The van der Waals surface area contributed by atoms with E-state index in [0.717, 1.165) is 43.3 Å². The maximum atomic E-state index is 12.1. The molecular formula is C30H31ClN2O5. The van der Waals surface area contributed by atoms with Crippen molar-refractivity contribution in [2.75, 3.05) is 39.3 Å². The minimum atomic E-state index is -0.638. The Morgan fingerprint density at radius 3 is 2.37 bits per heavy atom. The Kier molecular flexibility index (Phi) is 8.61. The molecule has 2 heterocycles. The second-order valence-corrected chi connectivity index (χ2v) is 9.97. The summed E-state index contributed by atoms with van der Waals surface area (Å²) in [5.74, 6) is 0.981. The van der Waals surface area contributed by atoms with Gasteiger partial charge in [-0.05, 0) is 35.4 Å². The lowest BCUT2D eigenvalue weighted by molar-refractivity contribution is 0.0446. The molecule has 1 saturated heterocycles. The summed E-state index contributed by atoms with van der Waals surface area (Å²) in [6.07, 6.45) is -0.638. The molecule has 1 fully saturated rings. The van der Waals surface area contributed by atoms with Gasteiger partial charge in [-0.2, -0.15) is 0 Å². The summed E-state index contributed by atoms with van der Waals surface area (Å²) in [5, 5.41) is 12.0. The van der Waals surface area contributed by atoms with Crippen LogP contribution >= 0.6 is 11.6 Å². The molecule has 1 N–H and O–H groups in total. The molecule has 1 aliphatic rings. The molecule has 0 bridgehead atoms. The molecule has 1 aromatic heterocycles. The molecule has 0 saturated carbocycles. The molecule has 8 heteroatoms. The molecule has 38 heavy (non-hydrogen) atoms. The highest BCUT2D eigenvalue weighted by molar-refractivity contribution is 6.30. The quantitative estimate of drug-likeness (QED) is 0.298. The maximum absolute atomic E-state index is 12.1. The van der Waals surface area contributed by atoms with Crippen LogP contribution in [0.15, 0.2) is 88.1 Å². The number of nitrogens with zero attached hydrogens (tertiary/aromatic N) is 2. The minimum absolute atomic E-state index is 0.144. The Balaban J connectivity index is 1.11. The van der Waals surface area contributed by atoms with Gasteiger partial charge in [0, 0.05) is 50.4 Å². The van der Waals surface area contributed by atoms with E-state index in [1.165, 1.54) is 11.6 Å². The van der Waals surface area contributed by atoms with E-state index in [2.05, 4.69) is 21.9 Å². The number of ether oxygens (including phenoxy) is 2. The van der Waals surface area contributed by atoms with E-state index in [-0.39, 0.29) is 6.61 Å². The number of hydrogen-bond donors (Lipinski definition) is 1. The maximum Gasteiger partial charge on any atom is 0.339 e. The lowest BCUT2D eigenvalue weighted by Gasteiger charge is -2.35. The summed E-state index contributed by atoms with van der Waals surface area (Å²) in [6.45, 7) is 5.57. The third-order valence-corrected chi connectivity index (χ3v) is 6.86. The Bertz CT molecular complexity index is 1390. The van der Waals surface area contributed by atoms with E-state index in [0.29, 0.717) is 35.6 Å². The Labute approximate surface area is 226 Å². The van der Waals surface area contributed by atoms with Crippen molar-refractivity contribution < 1.29 is 19.0 Å². The zero-order chi connectivity index (χ0) is 26.3. The number of rotatable bonds is 10. The van der Waals surface area contributed by atoms with Gasteiger partial charge in [0.15, 0.2) is 0 Å². The fraction of sp³-hybridized carbons (Fsp3) is 0.300. The molecule has 1 aliphatic heterocycles. The van der Waals surface area contributed by atoms with Crippen molar-refractivity contribution in [1.29, 1.82) is 0 Å². The van der Waals surface area contributed by atoms with E-state index in [9.17, 15) is 9.90 Å². The largest absolute Gasteiger partial charge is 0.491 e. The number of hydrogen-bond acceptors (Lipinski definition) is 7. The summed E-state index contributed by atoms with van der Waals surface area (Å²) in [4.78, 5) is 16.8. The fourth-order valence-electron chi connectivity index (χ4n) is 4.58. The van der Waals surface area contributed by atoms with Crippen LogP contribution in [0.4, 0.5) is 0 Å². The first-order valence-corrected chi connectivity index (χ1v) is 13.1. The van der Waals surface area contributed by atoms with Crippen LogP contribution in [0.1, 0.15) is 11.1 Å². The van der Waals surface area contributed by atoms with Gasteiger partial charge in [-0.15, -0.1) is 0 Å². The van der Waals surface area contributed by atoms with E-state index in [4.69, 9.17) is 25.5 Å². The van der Waals surface area contributed by atoms with Gasteiger partial charge in [-0.1, -0.05) is 54.1 Å². The van der Waals surface area contributed by atoms with Gasteiger partial charge in [0.1, 0.15) is 36.4 Å². The smallest absolute Gasteiger partial charge is 0.339 e. The standard InChI is InChI=1S/C30H31ClN2O5/c31-24-8-6-22(7-9-24)18-32-12-14-33(15-13-32)19-25(34)21-36-26-10-11-27-28(17-30(35)38-29(27)16-26)37-20-23-4-2-1-3-5-23/h1-11,16-17,25,34H,12-15,18-21H2. The lowest BCUT2D eigenvalue weighted by Crippen LogP contribution is -2.48. The van der Waals surface area contributed by atoms with Gasteiger partial charge in [0.2, 0.25) is 0 Å². The average molecular weight is 535 g/mol. The van der Waals surface area contributed by atoms with Gasteiger partial charge < -0.3 is 19.0 Å². The highest BCUT2D eigenvalue weighted by Crippen LogP contribution is 2.28. The van der Waals surface area contributed by atoms with Crippen molar-refractivity contribution in [2.24, 2.45) is 0 Å². The Morgan fingerprint density at radius 1 is 0.868 bits per heavy atom. The molecule has 3 aromatic carbocycles. The number of piperazine rings is 1. The molecule has 1 unspecified atom stereocenters. The predicted octanol–water partition coefficient (Wildman–Crippen LogP) is 4.58.